The van der Waals surface area contributed by atoms with E-state index < -0.39 is 0 Å². The fourth-order valence-corrected chi connectivity index (χ4v) is 3.26. The van der Waals surface area contributed by atoms with Gasteiger partial charge >= 0.3 is 0 Å². The summed E-state index contributed by atoms with van der Waals surface area (Å²) in [5, 5.41) is 1.40. The maximum absolute atomic E-state index is 12.9. The highest BCUT2D eigenvalue weighted by atomic mass is 19.1. The number of aromatic nitrogens is 2. The molecule has 1 aliphatic heterocycles. The molecule has 3 rings (SSSR count). The molecule has 2 aromatic rings. The smallest absolute Gasteiger partial charge is 0.186 e. The number of hydrogen-bond acceptors (Lipinski definition) is 8. The van der Waals surface area contributed by atoms with Crippen molar-refractivity contribution in [3.8, 4) is 17.0 Å². The Hall–Kier alpha value is -3.01. The zero-order valence-electron chi connectivity index (χ0n) is 18.6. The van der Waals surface area contributed by atoms with E-state index in [1.807, 2.05) is 31.2 Å². The van der Waals surface area contributed by atoms with Crippen LogP contribution in [0.2, 0.25) is 0 Å². The minimum atomic E-state index is -0.277. The number of halogens is 1. The van der Waals surface area contributed by atoms with Crippen LogP contribution in [0.5, 0.6) is 5.75 Å². The van der Waals surface area contributed by atoms with Crippen molar-refractivity contribution in [2.24, 2.45) is 5.84 Å². The number of nitrogens with zero attached hydrogens (tertiary/aromatic N) is 4. The second-order valence-corrected chi connectivity index (χ2v) is 7.69. The average molecular weight is 443 g/mol. The Balaban J connectivity index is 1.68. The molecule has 9 heteroatoms. The Morgan fingerprint density at radius 1 is 1.28 bits per heavy atom. The van der Waals surface area contributed by atoms with Crippen LogP contribution in [0.4, 0.5) is 16.0 Å². The number of morpholine rings is 1. The molecular formula is C23H31FN6O2. The van der Waals surface area contributed by atoms with E-state index in [9.17, 15) is 4.39 Å². The lowest BCUT2D eigenvalue weighted by Crippen LogP contribution is -2.38. The van der Waals surface area contributed by atoms with E-state index >= 15 is 0 Å². The highest BCUT2D eigenvalue weighted by Crippen LogP contribution is 2.26. The van der Waals surface area contributed by atoms with E-state index in [0.29, 0.717) is 24.7 Å². The van der Waals surface area contributed by atoms with Crippen LogP contribution >= 0.6 is 0 Å². The zero-order valence-corrected chi connectivity index (χ0v) is 18.6. The van der Waals surface area contributed by atoms with E-state index in [1.54, 1.807) is 12.3 Å². The molecule has 0 bridgehead atoms. The maximum Gasteiger partial charge on any atom is 0.186 e. The van der Waals surface area contributed by atoms with Crippen LogP contribution in [0.1, 0.15) is 13.8 Å². The molecule has 0 aliphatic carbocycles. The maximum atomic E-state index is 12.9. The molecular weight excluding hydrogens is 411 g/mol. The third-order valence-corrected chi connectivity index (χ3v) is 4.98. The Kier molecular flexibility index (Phi) is 8.55. The predicted octanol–water partition coefficient (Wildman–Crippen LogP) is 2.94. The Morgan fingerprint density at radius 3 is 2.81 bits per heavy atom. The lowest BCUT2D eigenvalue weighted by molar-refractivity contribution is 0.0322. The summed E-state index contributed by atoms with van der Waals surface area (Å²) in [5.41, 5.74) is 8.34. The van der Waals surface area contributed by atoms with Crippen molar-refractivity contribution >= 4 is 11.6 Å². The molecule has 1 fully saturated rings. The van der Waals surface area contributed by atoms with Crippen molar-refractivity contribution in [2.45, 2.75) is 13.8 Å². The van der Waals surface area contributed by atoms with E-state index in [0.717, 1.165) is 49.7 Å². The first kappa shape index (κ1) is 23.6. The molecule has 1 saturated heterocycles. The second-order valence-electron chi connectivity index (χ2n) is 7.69. The van der Waals surface area contributed by atoms with Crippen molar-refractivity contribution in [3.05, 3.63) is 54.0 Å². The molecule has 1 aliphatic rings. The molecule has 8 nitrogen and oxygen atoms in total. The number of nitrogens with two attached hydrogens (primary N) is 2. The molecule has 0 spiro atoms. The summed E-state index contributed by atoms with van der Waals surface area (Å²) in [5.74, 6) is 7.23. The minimum absolute atomic E-state index is 0.221. The number of nitrogen functional groups attached to an aromatic ring is 1. The highest BCUT2D eigenvalue weighted by molar-refractivity contribution is 5.67. The average Bonchev–Trinajstić information content (AvgIpc) is 2.79. The molecule has 1 aromatic heterocycles. The molecule has 2 heterocycles. The zero-order chi connectivity index (χ0) is 22.9. The topological polar surface area (TPSA) is 103 Å². The van der Waals surface area contributed by atoms with Gasteiger partial charge in [0.05, 0.1) is 37.5 Å². The number of ether oxygens (including phenoxy) is 2. The first-order valence-electron chi connectivity index (χ1n) is 10.6. The van der Waals surface area contributed by atoms with E-state index in [-0.39, 0.29) is 11.6 Å². The van der Waals surface area contributed by atoms with Crippen LogP contribution in [0.15, 0.2) is 54.0 Å². The standard InChI is InChI=1S/C23H31FN6O2/c1-17(6-7-18(2)24)16-30(26)23-22(25)27-15-21(28-23)19-4-3-5-20(14-19)32-13-10-29-8-11-31-12-9-29/h3-7,14-15H,8-13,16,26H2,1-2H3,(H2,25,27)/b17-6+,18-7+. The summed E-state index contributed by atoms with van der Waals surface area (Å²) in [7, 11) is 0. The number of benzene rings is 1. The van der Waals surface area contributed by atoms with E-state index in [4.69, 9.17) is 21.1 Å². The quantitative estimate of drug-likeness (QED) is 0.347. The summed E-state index contributed by atoms with van der Waals surface area (Å²) in [6, 6.07) is 7.68. The normalized spacial score (nSPS) is 15.6. The predicted molar refractivity (Wildman–Crippen MR) is 125 cm³/mol. The van der Waals surface area contributed by atoms with Gasteiger partial charge in [-0.3, -0.25) is 9.91 Å². The Morgan fingerprint density at radius 2 is 2.06 bits per heavy atom. The second kappa shape index (κ2) is 11.6. The van der Waals surface area contributed by atoms with Crippen LogP contribution in [0.3, 0.4) is 0 Å². The van der Waals surface area contributed by atoms with Gasteiger partial charge in [-0.1, -0.05) is 23.8 Å². The van der Waals surface area contributed by atoms with Crippen molar-refractivity contribution < 1.29 is 13.9 Å². The third kappa shape index (κ3) is 7.01. The Labute approximate surface area is 188 Å². The molecule has 32 heavy (non-hydrogen) atoms. The van der Waals surface area contributed by atoms with Crippen LogP contribution in [-0.2, 0) is 4.74 Å². The number of hydrazine groups is 1. The van der Waals surface area contributed by atoms with Crippen molar-refractivity contribution in [2.75, 3.05) is 56.7 Å². The number of rotatable bonds is 9. The molecule has 0 saturated carbocycles. The van der Waals surface area contributed by atoms with Crippen molar-refractivity contribution in [1.82, 2.24) is 14.9 Å². The SMILES string of the molecule is C/C(F)=C\C=C(/C)CN(N)c1nc(-c2cccc(OCCN3CCOCC3)c2)cnc1N. The largest absolute Gasteiger partial charge is 0.492 e. The molecule has 0 radical (unpaired) electrons. The van der Waals surface area contributed by atoms with Gasteiger partial charge in [0, 0.05) is 25.2 Å². The van der Waals surface area contributed by atoms with Crippen molar-refractivity contribution in [3.63, 3.8) is 0 Å². The molecule has 172 valence electrons. The van der Waals surface area contributed by atoms with Gasteiger partial charge in [0.2, 0.25) is 0 Å². The molecule has 0 unspecified atom stereocenters. The van der Waals surface area contributed by atoms with Gasteiger partial charge in [-0.15, -0.1) is 0 Å². The fourth-order valence-electron chi connectivity index (χ4n) is 3.26. The van der Waals surface area contributed by atoms with E-state index in [1.165, 1.54) is 18.0 Å². The fraction of sp³-hybridized carbons (Fsp3) is 0.391. The van der Waals surface area contributed by atoms with Gasteiger partial charge in [-0.25, -0.2) is 20.2 Å². The van der Waals surface area contributed by atoms with Crippen molar-refractivity contribution in [1.29, 1.82) is 0 Å². The first-order valence-corrected chi connectivity index (χ1v) is 10.6. The van der Waals surface area contributed by atoms with Gasteiger partial charge in [0.1, 0.15) is 12.4 Å². The summed E-state index contributed by atoms with van der Waals surface area (Å²) < 4.78 is 24.2. The lowest BCUT2D eigenvalue weighted by Gasteiger charge is -2.26. The summed E-state index contributed by atoms with van der Waals surface area (Å²) >= 11 is 0. The van der Waals surface area contributed by atoms with E-state index in [2.05, 4.69) is 14.9 Å². The minimum Gasteiger partial charge on any atom is -0.492 e. The molecule has 0 amide bonds. The number of hydrogen-bond donors (Lipinski definition) is 2. The van der Waals surface area contributed by atoms with Crippen LogP contribution in [-0.4, -0.2) is 60.9 Å². The summed E-state index contributed by atoms with van der Waals surface area (Å²) in [6.07, 6.45) is 4.66. The van der Waals surface area contributed by atoms with Gasteiger partial charge in [-0.2, -0.15) is 0 Å². The first-order chi connectivity index (χ1) is 15.4. The number of allylic oxidation sites excluding steroid dienone is 3. The molecule has 1 aromatic carbocycles. The van der Waals surface area contributed by atoms with Gasteiger partial charge in [0.15, 0.2) is 11.6 Å². The van der Waals surface area contributed by atoms with Gasteiger partial charge in [-0.05, 0) is 32.1 Å². The lowest BCUT2D eigenvalue weighted by atomic mass is 10.1. The molecule has 4 N–H and O–H groups in total. The van der Waals surface area contributed by atoms with Crippen LogP contribution < -0.4 is 21.3 Å². The monoisotopic (exact) mass is 442 g/mol. The van der Waals surface area contributed by atoms with Crippen LogP contribution in [0, 0.1) is 0 Å². The number of anilines is 2. The van der Waals surface area contributed by atoms with Crippen LogP contribution in [0.25, 0.3) is 11.3 Å². The summed E-state index contributed by atoms with van der Waals surface area (Å²) in [6.45, 7) is 8.42. The third-order valence-electron chi connectivity index (χ3n) is 4.98. The summed E-state index contributed by atoms with van der Waals surface area (Å²) in [4.78, 5) is 11.2. The highest BCUT2D eigenvalue weighted by Gasteiger charge is 2.13. The van der Waals surface area contributed by atoms with Gasteiger partial charge in [0.25, 0.3) is 0 Å². The molecule has 0 atom stereocenters. The Bertz CT molecular complexity index is 955. The van der Waals surface area contributed by atoms with Gasteiger partial charge < -0.3 is 15.2 Å².